The largest absolute Gasteiger partial charge is 0.494 e. The third kappa shape index (κ3) is 6.47. The lowest BCUT2D eigenvalue weighted by molar-refractivity contribution is -0.145. The maximum absolute atomic E-state index is 11.2. The molecule has 0 amide bonds. The van der Waals surface area contributed by atoms with Crippen molar-refractivity contribution in [2.75, 3.05) is 26.9 Å². The molecule has 1 aromatic rings. The van der Waals surface area contributed by atoms with Crippen molar-refractivity contribution < 1.29 is 19.0 Å². The molecule has 0 aliphatic heterocycles. The number of hydrogen-bond acceptors (Lipinski definition) is 4. The maximum atomic E-state index is 11.2. The van der Waals surface area contributed by atoms with Crippen LogP contribution in [-0.4, -0.2) is 32.9 Å². The van der Waals surface area contributed by atoms with Gasteiger partial charge in [-0.05, 0) is 30.7 Å². The van der Waals surface area contributed by atoms with Crippen LogP contribution in [-0.2, 0) is 14.3 Å². The van der Waals surface area contributed by atoms with E-state index in [1.165, 1.54) is 0 Å². The molecule has 5 heteroatoms. The Labute approximate surface area is 112 Å². The second kappa shape index (κ2) is 8.78. The van der Waals surface area contributed by atoms with E-state index in [1.54, 1.807) is 31.4 Å². The highest BCUT2D eigenvalue weighted by Crippen LogP contribution is 2.15. The third-order valence-electron chi connectivity index (χ3n) is 2.16. The predicted octanol–water partition coefficient (Wildman–Crippen LogP) is 2.69. The number of esters is 1. The Kier molecular flexibility index (Phi) is 7.22. The molecule has 0 bridgehead atoms. The first-order valence-corrected chi connectivity index (χ1v) is 6.13. The quantitative estimate of drug-likeness (QED) is 0.539. The van der Waals surface area contributed by atoms with Gasteiger partial charge in [-0.25, -0.2) is 0 Å². The minimum absolute atomic E-state index is 0.230. The standard InChI is InChI=1S/C13H17ClO4/c1-16-9-10-18-13(15)3-2-8-17-12-6-4-11(14)5-7-12/h4-7H,2-3,8-10H2,1H3. The van der Waals surface area contributed by atoms with Gasteiger partial charge in [0.05, 0.1) is 13.2 Å². The second-order valence-electron chi connectivity index (χ2n) is 3.62. The maximum Gasteiger partial charge on any atom is 0.305 e. The molecule has 1 rings (SSSR count). The van der Waals surface area contributed by atoms with E-state index in [2.05, 4.69) is 0 Å². The Morgan fingerprint density at radius 1 is 1.17 bits per heavy atom. The molecule has 100 valence electrons. The first-order chi connectivity index (χ1) is 8.72. The van der Waals surface area contributed by atoms with Crippen LogP contribution < -0.4 is 4.74 Å². The van der Waals surface area contributed by atoms with Crippen molar-refractivity contribution in [2.45, 2.75) is 12.8 Å². The molecule has 18 heavy (non-hydrogen) atoms. The molecule has 0 aromatic heterocycles. The average molecular weight is 273 g/mol. The summed E-state index contributed by atoms with van der Waals surface area (Å²) in [5.41, 5.74) is 0. The summed E-state index contributed by atoms with van der Waals surface area (Å²) < 4.78 is 15.1. The lowest BCUT2D eigenvalue weighted by Gasteiger charge is -2.06. The van der Waals surface area contributed by atoms with E-state index in [1.807, 2.05) is 0 Å². The van der Waals surface area contributed by atoms with Gasteiger partial charge in [-0.1, -0.05) is 11.6 Å². The van der Waals surface area contributed by atoms with Crippen molar-refractivity contribution in [2.24, 2.45) is 0 Å². The van der Waals surface area contributed by atoms with E-state index in [0.29, 0.717) is 37.7 Å². The van der Waals surface area contributed by atoms with Crippen molar-refractivity contribution in [3.63, 3.8) is 0 Å². The van der Waals surface area contributed by atoms with Crippen molar-refractivity contribution in [1.82, 2.24) is 0 Å². The summed E-state index contributed by atoms with van der Waals surface area (Å²) >= 11 is 5.75. The zero-order chi connectivity index (χ0) is 13.2. The summed E-state index contributed by atoms with van der Waals surface area (Å²) in [6.45, 7) is 1.20. The number of halogens is 1. The van der Waals surface area contributed by atoms with Crippen LogP contribution in [0.3, 0.4) is 0 Å². The summed E-state index contributed by atoms with van der Waals surface area (Å²) in [5.74, 6) is 0.513. The highest BCUT2D eigenvalue weighted by molar-refractivity contribution is 6.30. The number of benzene rings is 1. The van der Waals surface area contributed by atoms with Gasteiger partial charge in [0.15, 0.2) is 0 Å². The van der Waals surface area contributed by atoms with E-state index in [-0.39, 0.29) is 5.97 Å². The average Bonchev–Trinajstić information content (AvgIpc) is 2.37. The predicted molar refractivity (Wildman–Crippen MR) is 69.0 cm³/mol. The van der Waals surface area contributed by atoms with Crippen molar-refractivity contribution in [3.8, 4) is 5.75 Å². The molecule has 0 radical (unpaired) electrons. The van der Waals surface area contributed by atoms with Crippen LogP contribution in [0.4, 0.5) is 0 Å². The van der Waals surface area contributed by atoms with E-state index in [4.69, 9.17) is 25.8 Å². The number of rotatable bonds is 8. The Bertz CT molecular complexity index is 351. The van der Waals surface area contributed by atoms with Gasteiger partial charge in [0.25, 0.3) is 0 Å². The molecule has 0 aliphatic carbocycles. The number of carbonyl (C=O) groups excluding carboxylic acids is 1. The summed E-state index contributed by atoms with van der Waals surface area (Å²) in [6, 6.07) is 7.10. The van der Waals surface area contributed by atoms with Gasteiger partial charge in [0.2, 0.25) is 0 Å². The van der Waals surface area contributed by atoms with Crippen LogP contribution in [0, 0.1) is 0 Å². The normalized spacial score (nSPS) is 10.1. The Morgan fingerprint density at radius 3 is 2.56 bits per heavy atom. The van der Waals surface area contributed by atoms with Crippen LogP contribution in [0.25, 0.3) is 0 Å². The molecule has 0 atom stereocenters. The first kappa shape index (κ1) is 14.8. The van der Waals surface area contributed by atoms with Gasteiger partial charge in [0.1, 0.15) is 12.4 Å². The van der Waals surface area contributed by atoms with E-state index >= 15 is 0 Å². The number of hydrogen-bond donors (Lipinski definition) is 0. The molecule has 1 aromatic carbocycles. The van der Waals surface area contributed by atoms with Gasteiger partial charge < -0.3 is 14.2 Å². The fourth-order valence-corrected chi connectivity index (χ4v) is 1.37. The zero-order valence-electron chi connectivity index (χ0n) is 10.4. The lowest BCUT2D eigenvalue weighted by Crippen LogP contribution is -2.10. The van der Waals surface area contributed by atoms with E-state index in [0.717, 1.165) is 5.75 Å². The molecule has 0 aliphatic rings. The minimum Gasteiger partial charge on any atom is -0.494 e. The van der Waals surface area contributed by atoms with Crippen molar-refractivity contribution in [3.05, 3.63) is 29.3 Å². The summed E-state index contributed by atoms with van der Waals surface area (Å²) in [5, 5.41) is 0.670. The molecule has 0 heterocycles. The van der Waals surface area contributed by atoms with Crippen LogP contribution in [0.1, 0.15) is 12.8 Å². The molecular formula is C13H17ClO4. The van der Waals surface area contributed by atoms with Crippen LogP contribution in [0.2, 0.25) is 5.02 Å². The highest BCUT2D eigenvalue weighted by atomic mass is 35.5. The van der Waals surface area contributed by atoms with Gasteiger partial charge in [0, 0.05) is 18.6 Å². The zero-order valence-corrected chi connectivity index (χ0v) is 11.1. The van der Waals surface area contributed by atoms with Crippen molar-refractivity contribution in [1.29, 1.82) is 0 Å². The number of methoxy groups -OCH3 is 1. The highest BCUT2D eigenvalue weighted by Gasteiger charge is 2.02. The topological polar surface area (TPSA) is 44.8 Å². The fourth-order valence-electron chi connectivity index (χ4n) is 1.25. The molecule has 0 N–H and O–H groups in total. The summed E-state index contributed by atoms with van der Waals surface area (Å²) in [6.07, 6.45) is 0.964. The fraction of sp³-hybridized carbons (Fsp3) is 0.462. The van der Waals surface area contributed by atoms with Crippen LogP contribution in [0.5, 0.6) is 5.75 Å². The second-order valence-corrected chi connectivity index (χ2v) is 4.06. The molecule has 0 fully saturated rings. The van der Waals surface area contributed by atoms with Crippen LogP contribution >= 0.6 is 11.6 Å². The van der Waals surface area contributed by atoms with Crippen LogP contribution in [0.15, 0.2) is 24.3 Å². The molecule has 0 saturated carbocycles. The van der Waals surface area contributed by atoms with Crippen molar-refractivity contribution >= 4 is 17.6 Å². The van der Waals surface area contributed by atoms with Gasteiger partial charge in [-0.3, -0.25) is 4.79 Å². The Morgan fingerprint density at radius 2 is 1.89 bits per heavy atom. The molecule has 0 saturated heterocycles. The molecule has 0 unspecified atom stereocenters. The summed E-state index contributed by atoms with van der Waals surface area (Å²) in [7, 11) is 1.56. The first-order valence-electron chi connectivity index (χ1n) is 5.75. The van der Waals surface area contributed by atoms with E-state index in [9.17, 15) is 4.79 Å². The minimum atomic E-state index is -0.230. The summed E-state index contributed by atoms with van der Waals surface area (Å²) in [4.78, 5) is 11.2. The number of carbonyl (C=O) groups is 1. The third-order valence-corrected chi connectivity index (χ3v) is 2.41. The smallest absolute Gasteiger partial charge is 0.305 e. The SMILES string of the molecule is COCCOC(=O)CCCOc1ccc(Cl)cc1. The van der Waals surface area contributed by atoms with Gasteiger partial charge in [-0.15, -0.1) is 0 Å². The van der Waals surface area contributed by atoms with E-state index < -0.39 is 0 Å². The molecule has 0 spiro atoms. The van der Waals surface area contributed by atoms with Gasteiger partial charge in [-0.2, -0.15) is 0 Å². The lowest BCUT2D eigenvalue weighted by atomic mass is 10.3. The molecular weight excluding hydrogens is 256 g/mol. The molecule has 4 nitrogen and oxygen atoms in total. The Balaban J connectivity index is 2.07. The van der Waals surface area contributed by atoms with Gasteiger partial charge >= 0.3 is 5.97 Å². The Hall–Kier alpha value is -1.26. The number of ether oxygens (including phenoxy) is 3. The monoisotopic (exact) mass is 272 g/mol.